The molecule has 0 spiro atoms. The molecular formula is C12H16F3NO4. The largest absolute Gasteiger partial charge is 0.465 e. The van der Waals surface area contributed by atoms with Crippen LogP contribution >= 0.6 is 0 Å². The van der Waals surface area contributed by atoms with E-state index in [-0.39, 0.29) is 19.7 Å². The SMILES string of the molecule is COC(=O)c1cc(CNCCOCC(F)(F)F)oc1C. The topological polar surface area (TPSA) is 60.7 Å². The van der Waals surface area contributed by atoms with E-state index >= 15 is 0 Å². The van der Waals surface area contributed by atoms with Gasteiger partial charge in [0.05, 0.1) is 20.3 Å². The third-order valence-corrected chi connectivity index (χ3v) is 2.36. The van der Waals surface area contributed by atoms with E-state index in [4.69, 9.17) is 4.42 Å². The Morgan fingerprint density at radius 3 is 2.75 bits per heavy atom. The van der Waals surface area contributed by atoms with Gasteiger partial charge in [0, 0.05) is 6.54 Å². The van der Waals surface area contributed by atoms with Crippen LogP contribution in [-0.4, -0.2) is 39.0 Å². The molecule has 0 unspecified atom stereocenters. The first-order chi connectivity index (χ1) is 9.33. The maximum absolute atomic E-state index is 11.8. The number of furan rings is 1. The van der Waals surface area contributed by atoms with Crippen LogP contribution in [0.3, 0.4) is 0 Å². The number of hydrogen-bond donors (Lipinski definition) is 1. The second-order valence-electron chi connectivity index (χ2n) is 4.02. The Hall–Kier alpha value is -1.54. The van der Waals surface area contributed by atoms with Gasteiger partial charge in [-0.25, -0.2) is 4.79 Å². The highest BCUT2D eigenvalue weighted by Gasteiger charge is 2.27. The molecule has 0 fully saturated rings. The third kappa shape index (κ3) is 5.62. The Morgan fingerprint density at radius 1 is 1.45 bits per heavy atom. The fraction of sp³-hybridized carbons (Fsp3) is 0.583. The molecule has 0 saturated carbocycles. The van der Waals surface area contributed by atoms with E-state index in [0.29, 0.717) is 17.1 Å². The van der Waals surface area contributed by atoms with Gasteiger partial charge >= 0.3 is 12.1 Å². The molecule has 1 aromatic rings. The van der Waals surface area contributed by atoms with Gasteiger partial charge in [-0.2, -0.15) is 13.2 Å². The van der Waals surface area contributed by atoms with Crippen molar-refractivity contribution in [3.05, 3.63) is 23.2 Å². The minimum Gasteiger partial charge on any atom is -0.465 e. The van der Waals surface area contributed by atoms with Crippen molar-refractivity contribution in [2.24, 2.45) is 0 Å². The van der Waals surface area contributed by atoms with Crippen molar-refractivity contribution >= 4 is 5.97 Å². The number of methoxy groups -OCH3 is 1. The van der Waals surface area contributed by atoms with E-state index in [9.17, 15) is 18.0 Å². The Morgan fingerprint density at radius 2 is 2.15 bits per heavy atom. The Bertz CT molecular complexity index is 442. The standard InChI is InChI=1S/C12H16F3NO4/c1-8-10(11(17)18-2)5-9(20-8)6-16-3-4-19-7-12(13,14)15/h5,16H,3-4,6-7H2,1-2H3. The number of nitrogens with one attached hydrogen (secondary N) is 1. The zero-order valence-electron chi connectivity index (χ0n) is 11.2. The summed E-state index contributed by atoms with van der Waals surface area (Å²) in [6.07, 6.45) is -4.31. The molecule has 0 aliphatic heterocycles. The third-order valence-electron chi connectivity index (χ3n) is 2.36. The van der Waals surface area contributed by atoms with Crippen molar-refractivity contribution in [2.45, 2.75) is 19.6 Å². The second kappa shape index (κ2) is 7.30. The van der Waals surface area contributed by atoms with Gasteiger partial charge in [-0.15, -0.1) is 0 Å². The van der Waals surface area contributed by atoms with Crippen LogP contribution < -0.4 is 5.32 Å². The molecule has 1 N–H and O–H groups in total. The fourth-order valence-electron chi connectivity index (χ4n) is 1.49. The van der Waals surface area contributed by atoms with E-state index in [1.54, 1.807) is 6.92 Å². The fourth-order valence-corrected chi connectivity index (χ4v) is 1.49. The molecule has 0 aromatic carbocycles. The zero-order valence-corrected chi connectivity index (χ0v) is 11.2. The first-order valence-corrected chi connectivity index (χ1v) is 5.86. The van der Waals surface area contributed by atoms with Crippen molar-refractivity contribution < 1.29 is 31.9 Å². The maximum atomic E-state index is 11.8. The number of hydrogen-bond acceptors (Lipinski definition) is 5. The van der Waals surface area contributed by atoms with Crippen LogP contribution in [0.5, 0.6) is 0 Å². The molecule has 0 aliphatic rings. The summed E-state index contributed by atoms with van der Waals surface area (Å²) in [5.74, 6) is 0.437. The summed E-state index contributed by atoms with van der Waals surface area (Å²) in [6.45, 7) is 0.822. The molecule has 114 valence electrons. The summed E-state index contributed by atoms with van der Waals surface area (Å²) < 4.78 is 49.7. The number of halogens is 3. The molecule has 0 bridgehead atoms. The average Bonchev–Trinajstić information content (AvgIpc) is 2.72. The van der Waals surface area contributed by atoms with Gasteiger partial charge < -0.3 is 19.2 Å². The molecule has 0 radical (unpaired) electrons. The number of carbonyl (C=O) groups excluding carboxylic acids is 1. The lowest BCUT2D eigenvalue weighted by molar-refractivity contribution is -0.173. The second-order valence-corrected chi connectivity index (χ2v) is 4.02. The summed E-state index contributed by atoms with van der Waals surface area (Å²) in [4.78, 5) is 11.3. The van der Waals surface area contributed by atoms with Gasteiger partial charge in [0.25, 0.3) is 0 Å². The van der Waals surface area contributed by atoms with Crippen LogP contribution in [0.1, 0.15) is 21.9 Å². The molecular weight excluding hydrogens is 279 g/mol. The smallest absolute Gasteiger partial charge is 0.411 e. The number of alkyl halides is 3. The molecule has 8 heteroatoms. The zero-order chi connectivity index (χ0) is 15.2. The molecule has 0 atom stereocenters. The lowest BCUT2D eigenvalue weighted by atomic mass is 10.2. The predicted molar refractivity (Wildman–Crippen MR) is 63.4 cm³/mol. The summed E-state index contributed by atoms with van der Waals surface area (Å²) in [5, 5.41) is 2.85. The molecule has 5 nitrogen and oxygen atoms in total. The molecule has 20 heavy (non-hydrogen) atoms. The van der Waals surface area contributed by atoms with E-state index in [2.05, 4.69) is 14.8 Å². The van der Waals surface area contributed by atoms with E-state index < -0.39 is 18.8 Å². The minimum atomic E-state index is -4.31. The molecule has 1 rings (SSSR count). The van der Waals surface area contributed by atoms with E-state index in [0.717, 1.165) is 0 Å². The highest BCUT2D eigenvalue weighted by Crippen LogP contribution is 2.15. The molecule has 1 aromatic heterocycles. The van der Waals surface area contributed by atoms with Crippen LogP contribution in [0.4, 0.5) is 13.2 Å². The normalized spacial score (nSPS) is 11.7. The highest BCUT2D eigenvalue weighted by atomic mass is 19.4. The van der Waals surface area contributed by atoms with Crippen molar-refractivity contribution in [3.8, 4) is 0 Å². The van der Waals surface area contributed by atoms with Crippen LogP contribution in [0.25, 0.3) is 0 Å². The van der Waals surface area contributed by atoms with Gasteiger partial charge in [-0.3, -0.25) is 0 Å². The van der Waals surface area contributed by atoms with Crippen LogP contribution in [0.15, 0.2) is 10.5 Å². The quantitative estimate of drug-likeness (QED) is 0.616. The number of rotatable bonds is 7. The predicted octanol–water partition coefficient (Wildman–Crippen LogP) is 2.04. The summed E-state index contributed by atoms with van der Waals surface area (Å²) >= 11 is 0. The van der Waals surface area contributed by atoms with Crippen molar-refractivity contribution in [1.82, 2.24) is 5.32 Å². The van der Waals surface area contributed by atoms with Crippen LogP contribution in [0, 0.1) is 6.92 Å². The van der Waals surface area contributed by atoms with Crippen molar-refractivity contribution in [1.29, 1.82) is 0 Å². The molecule has 0 saturated heterocycles. The Kier molecular flexibility index (Phi) is 6.03. The first-order valence-electron chi connectivity index (χ1n) is 5.86. The summed E-state index contributed by atoms with van der Waals surface area (Å²) in [5.41, 5.74) is 0.331. The molecule has 1 heterocycles. The lowest BCUT2D eigenvalue weighted by Crippen LogP contribution is -2.23. The summed E-state index contributed by atoms with van der Waals surface area (Å²) in [6, 6.07) is 1.53. The highest BCUT2D eigenvalue weighted by molar-refractivity contribution is 5.90. The van der Waals surface area contributed by atoms with E-state index in [1.165, 1.54) is 13.2 Å². The van der Waals surface area contributed by atoms with E-state index in [1.807, 2.05) is 0 Å². The van der Waals surface area contributed by atoms with Crippen molar-refractivity contribution in [2.75, 3.05) is 26.9 Å². The summed E-state index contributed by atoms with van der Waals surface area (Å²) in [7, 11) is 1.27. The molecule has 0 amide bonds. The van der Waals surface area contributed by atoms with Gasteiger partial charge in [-0.1, -0.05) is 0 Å². The van der Waals surface area contributed by atoms with Gasteiger partial charge in [0.1, 0.15) is 23.7 Å². The number of esters is 1. The maximum Gasteiger partial charge on any atom is 0.411 e. The monoisotopic (exact) mass is 295 g/mol. The number of aryl methyl sites for hydroxylation is 1. The van der Waals surface area contributed by atoms with Crippen LogP contribution in [-0.2, 0) is 16.0 Å². The van der Waals surface area contributed by atoms with Gasteiger partial charge in [0.2, 0.25) is 0 Å². The lowest BCUT2D eigenvalue weighted by Gasteiger charge is -2.07. The first kappa shape index (κ1) is 16.5. The van der Waals surface area contributed by atoms with Crippen LogP contribution in [0.2, 0.25) is 0 Å². The average molecular weight is 295 g/mol. The Balaban J connectivity index is 2.28. The van der Waals surface area contributed by atoms with Gasteiger partial charge in [0.15, 0.2) is 0 Å². The number of carbonyl (C=O) groups is 1. The molecule has 0 aliphatic carbocycles. The minimum absolute atomic E-state index is 0.0664. The van der Waals surface area contributed by atoms with Gasteiger partial charge in [-0.05, 0) is 13.0 Å². The number of ether oxygens (including phenoxy) is 2. The Labute approximate surface area is 114 Å². The van der Waals surface area contributed by atoms with Crippen molar-refractivity contribution in [3.63, 3.8) is 0 Å².